The summed E-state index contributed by atoms with van der Waals surface area (Å²) in [5.74, 6) is 0.646. The van der Waals surface area contributed by atoms with Crippen molar-refractivity contribution in [3.63, 3.8) is 0 Å². The Balaban J connectivity index is 1.56. The van der Waals surface area contributed by atoms with E-state index in [9.17, 15) is 9.90 Å². The number of aliphatic imine (C=N–C) groups is 1. The first-order chi connectivity index (χ1) is 16.6. The van der Waals surface area contributed by atoms with Gasteiger partial charge in [0.05, 0.1) is 43.3 Å². The standard InChI is InChI=1S/C26H24ClN3O4/c27-18-5-3-6-19(15-18)30-25(31)21-8-2-1-7-20(21)22(26(30)32)16-28-17-23(24-9-4-12-34-24)29-10-13-33-14-11-29/h1-9,12,15-16,23,32H,10-11,13-14,17H2/t23-/m1/s1. The lowest BCUT2D eigenvalue weighted by molar-refractivity contribution is 0.0137. The molecule has 1 N–H and O–H groups in total. The Morgan fingerprint density at radius 3 is 2.59 bits per heavy atom. The van der Waals surface area contributed by atoms with E-state index < -0.39 is 0 Å². The van der Waals surface area contributed by atoms with E-state index in [2.05, 4.69) is 4.90 Å². The van der Waals surface area contributed by atoms with Crippen molar-refractivity contribution in [3.05, 3.63) is 93.6 Å². The number of hydrogen-bond acceptors (Lipinski definition) is 6. The van der Waals surface area contributed by atoms with Crippen molar-refractivity contribution in [1.82, 2.24) is 9.47 Å². The summed E-state index contributed by atoms with van der Waals surface area (Å²) in [6.07, 6.45) is 3.29. The van der Waals surface area contributed by atoms with Crippen molar-refractivity contribution in [3.8, 4) is 11.6 Å². The zero-order valence-corrected chi connectivity index (χ0v) is 19.2. The minimum Gasteiger partial charge on any atom is -0.494 e. The van der Waals surface area contributed by atoms with Crippen LogP contribution in [-0.4, -0.2) is 53.6 Å². The summed E-state index contributed by atoms with van der Waals surface area (Å²) in [4.78, 5) is 20.2. The fraction of sp³-hybridized carbons (Fsp3) is 0.231. The maximum absolute atomic E-state index is 13.2. The normalized spacial score (nSPS) is 15.8. The first kappa shape index (κ1) is 22.4. The zero-order valence-electron chi connectivity index (χ0n) is 18.4. The van der Waals surface area contributed by atoms with Gasteiger partial charge in [0.1, 0.15) is 5.76 Å². The second kappa shape index (κ2) is 9.85. The maximum atomic E-state index is 13.2. The molecular weight excluding hydrogens is 454 g/mol. The highest BCUT2D eigenvalue weighted by atomic mass is 35.5. The van der Waals surface area contributed by atoms with Crippen LogP contribution in [-0.2, 0) is 4.74 Å². The van der Waals surface area contributed by atoms with Crippen molar-refractivity contribution in [2.45, 2.75) is 6.04 Å². The minimum absolute atomic E-state index is 0.0533. The van der Waals surface area contributed by atoms with Crippen molar-refractivity contribution in [2.75, 3.05) is 32.8 Å². The number of aromatic nitrogens is 1. The summed E-state index contributed by atoms with van der Waals surface area (Å²) in [5, 5.41) is 12.8. The van der Waals surface area contributed by atoms with Gasteiger partial charge in [-0.3, -0.25) is 14.7 Å². The van der Waals surface area contributed by atoms with Crippen LogP contribution in [0.3, 0.4) is 0 Å². The summed E-state index contributed by atoms with van der Waals surface area (Å²) >= 11 is 6.15. The Morgan fingerprint density at radius 1 is 1.06 bits per heavy atom. The van der Waals surface area contributed by atoms with Crippen molar-refractivity contribution < 1.29 is 14.3 Å². The van der Waals surface area contributed by atoms with Gasteiger partial charge in [-0.15, -0.1) is 0 Å². The number of hydrogen-bond donors (Lipinski definition) is 1. The summed E-state index contributed by atoms with van der Waals surface area (Å²) in [7, 11) is 0. The van der Waals surface area contributed by atoms with Gasteiger partial charge < -0.3 is 14.3 Å². The van der Waals surface area contributed by atoms with Gasteiger partial charge in [0.2, 0.25) is 5.88 Å². The summed E-state index contributed by atoms with van der Waals surface area (Å²) in [5.41, 5.74) is 0.627. The molecule has 8 heteroatoms. The van der Waals surface area contributed by atoms with E-state index in [0.717, 1.165) is 18.8 Å². The number of nitrogens with zero attached hydrogens (tertiary/aromatic N) is 3. The van der Waals surface area contributed by atoms with E-state index in [0.29, 0.717) is 46.8 Å². The molecule has 3 heterocycles. The van der Waals surface area contributed by atoms with E-state index in [-0.39, 0.29) is 17.5 Å². The lowest BCUT2D eigenvalue weighted by Crippen LogP contribution is -2.40. The van der Waals surface area contributed by atoms with E-state index in [4.69, 9.17) is 25.7 Å². The van der Waals surface area contributed by atoms with Crippen molar-refractivity contribution in [1.29, 1.82) is 0 Å². The highest BCUT2D eigenvalue weighted by Gasteiger charge is 2.24. The second-order valence-corrected chi connectivity index (χ2v) is 8.51. The molecule has 7 nitrogen and oxygen atoms in total. The second-order valence-electron chi connectivity index (χ2n) is 8.08. The fourth-order valence-electron chi connectivity index (χ4n) is 4.34. The van der Waals surface area contributed by atoms with E-state index in [1.165, 1.54) is 4.57 Å². The summed E-state index contributed by atoms with van der Waals surface area (Å²) < 4.78 is 12.4. The smallest absolute Gasteiger partial charge is 0.265 e. The van der Waals surface area contributed by atoms with Gasteiger partial charge in [-0.2, -0.15) is 0 Å². The molecule has 1 saturated heterocycles. The van der Waals surface area contributed by atoms with Gasteiger partial charge in [0.15, 0.2) is 0 Å². The monoisotopic (exact) mass is 477 g/mol. The quantitative estimate of drug-likeness (QED) is 0.415. The van der Waals surface area contributed by atoms with Gasteiger partial charge in [-0.1, -0.05) is 35.9 Å². The molecule has 1 aliphatic rings. The molecule has 1 atom stereocenters. The third-order valence-electron chi connectivity index (χ3n) is 6.03. The Hall–Kier alpha value is -3.39. The fourth-order valence-corrected chi connectivity index (χ4v) is 4.53. The molecule has 1 aliphatic heterocycles. The number of morpholine rings is 1. The zero-order chi connectivity index (χ0) is 23.5. The van der Waals surface area contributed by atoms with Gasteiger partial charge in [0.25, 0.3) is 5.56 Å². The third kappa shape index (κ3) is 4.37. The molecular formula is C26H24ClN3O4. The lowest BCUT2D eigenvalue weighted by Gasteiger charge is -2.32. The molecule has 0 amide bonds. The summed E-state index contributed by atoms with van der Waals surface area (Å²) in [6, 6.07) is 17.8. The topological polar surface area (TPSA) is 80.2 Å². The van der Waals surface area contributed by atoms with Crippen LogP contribution >= 0.6 is 11.6 Å². The molecule has 0 saturated carbocycles. The van der Waals surface area contributed by atoms with E-state index >= 15 is 0 Å². The maximum Gasteiger partial charge on any atom is 0.265 e. The predicted octanol–water partition coefficient (Wildman–Crippen LogP) is 4.44. The number of halogens is 1. The average Bonchev–Trinajstić information content (AvgIpc) is 3.39. The van der Waals surface area contributed by atoms with Crippen LogP contribution in [0.25, 0.3) is 16.5 Å². The van der Waals surface area contributed by atoms with Crippen LogP contribution in [0.4, 0.5) is 0 Å². The predicted molar refractivity (Wildman–Crippen MR) is 133 cm³/mol. The highest BCUT2D eigenvalue weighted by molar-refractivity contribution is 6.30. The number of rotatable bonds is 6. The molecule has 0 radical (unpaired) electrons. The summed E-state index contributed by atoms with van der Waals surface area (Å²) in [6.45, 7) is 3.33. The van der Waals surface area contributed by atoms with Crippen LogP contribution in [0, 0.1) is 0 Å². The number of pyridine rings is 1. The molecule has 0 unspecified atom stereocenters. The minimum atomic E-state index is -0.325. The number of ether oxygens (including phenoxy) is 1. The average molecular weight is 478 g/mol. The Bertz CT molecular complexity index is 1370. The molecule has 0 bridgehead atoms. The first-order valence-corrected chi connectivity index (χ1v) is 11.5. The molecule has 174 valence electrons. The molecule has 5 rings (SSSR count). The van der Waals surface area contributed by atoms with E-state index in [1.807, 2.05) is 24.3 Å². The van der Waals surface area contributed by atoms with Gasteiger partial charge in [-0.25, -0.2) is 4.57 Å². The van der Waals surface area contributed by atoms with Crippen molar-refractivity contribution in [2.24, 2.45) is 4.99 Å². The number of benzene rings is 2. The van der Waals surface area contributed by atoms with Crippen molar-refractivity contribution >= 4 is 28.6 Å². The number of furan rings is 1. The molecule has 2 aromatic heterocycles. The Kier molecular flexibility index (Phi) is 6.49. The molecule has 2 aromatic carbocycles. The lowest BCUT2D eigenvalue weighted by atomic mass is 10.1. The third-order valence-corrected chi connectivity index (χ3v) is 6.26. The molecule has 0 spiro atoms. The molecule has 0 aliphatic carbocycles. The number of aromatic hydroxyl groups is 1. The molecule has 34 heavy (non-hydrogen) atoms. The Morgan fingerprint density at radius 2 is 1.85 bits per heavy atom. The van der Waals surface area contributed by atoms with Crippen LogP contribution < -0.4 is 5.56 Å². The van der Waals surface area contributed by atoms with Gasteiger partial charge >= 0.3 is 0 Å². The highest BCUT2D eigenvalue weighted by Crippen LogP contribution is 2.28. The largest absolute Gasteiger partial charge is 0.494 e. The van der Waals surface area contributed by atoms with Crippen LogP contribution in [0.1, 0.15) is 17.4 Å². The van der Waals surface area contributed by atoms with E-state index in [1.54, 1.807) is 48.9 Å². The van der Waals surface area contributed by atoms with Crippen LogP contribution in [0.15, 0.2) is 81.1 Å². The van der Waals surface area contributed by atoms with Crippen LogP contribution in [0.5, 0.6) is 5.88 Å². The molecule has 4 aromatic rings. The first-order valence-electron chi connectivity index (χ1n) is 11.1. The SMILES string of the molecule is O=c1c2ccccc2c(C=NC[C@H](c2ccco2)N2CCOCC2)c(O)n1-c1cccc(Cl)c1. The van der Waals surface area contributed by atoms with Gasteiger partial charge in [0, 0.05) is 35.1 Å². The number of fused-ring (bicyclic) bond motifs is 1. The van der Waals surface area contributed by atoms with Gasteiger partial charge in [-0.05, 0) is 36.4 Å². The molecule has 1 fully saturated rings. The van der Waals surface area contributed by atoms with Crippen LogP contribution in [0.2, 0.25) is 5.02 Å². The Labute approximate surface area is 201 Å².